The molecule has 0 radical (unpaired) electrons. The third-order valence-electron chi connectivity index (χ3n) is 3.94. The lowest BCUT2D eigenvalue weighted by atomic mass is 9.80. The minimum atomic E-state index is 0.644. The molecule has 0 bridgehead atoms. The van der Waals surface area contributed by atoms with Gasteiger partial charge in [-0.25, -0.2) is 0 Å². The molecule has 100 valence electrons. The summed E-state index contributed by atoms with van der Waals surface area (Å²) in [5, 5.41) is 3.72. The van der Waals surface area contributed by atoms with Crippen LogP contribution in [0.2, 0.25) is 0 Å². The van der Waals surface area contributed by atoms with Gasteiger partial charge in [-0.05, 0) is 49.4 Å². The molecule has 0 saturated heterocycles. The molecule has 0 spiro atoms. The van der Waals surface area contributed by atoms with Crippen molar-refractivity contribution in [1.82, 2.24) is 5.32 Å². The fourth-order valence-electron chi connectivity index (χ4n) is 2.98. The third-order valence-corrected chi connectivity index (χ3v) is 3.94. The van der Waals surface area contributed by atoms with Gasteiger partial charge < -0.3 is 10.1 Å². The van der Waals surface area contributed by atoms with E-state index in [0.29, 0.717) is 12.0 Å². The van der Waals surface area contributed by atoms with E-state index in [4.69, 9.17) is 4.74 Å². The number of rotatable bonds is 5. The lowest BCUT2D eigenvalue weighted by Crippen LogP contribution is -2.37. The summed E-state index contributed by atoms with van der Waals surface area (Å²) in [6.07, 6.45) is 6.53. The van der Waals surface area contributed by atoms with E-state index in [0.717, 1.165) is 12.3 Å². The van der Waals surface area contributed by atoms with Crippen molar-refractivity contribution in [2.45, 2.75) is 51.0 Å². The standard InChI is InChI=1S/C16H25NO/c1-3-11-17-16-10-5-4-9-15(16)13-7-6-8-14(12-13)18-2/h6-8,12,15-17H,3-5,9-11H2,1-2H3/t15-,16-/m1/s1. The van der Waals surface area contributed by atoms with Gasteiger partial charge in [-0.1, -0.05) is 31.9 Å². The summed E-state index contributed by atoms with van der Waals surface area (Å²) >= 11 is 0. The summed E-state index contributed by atoms with van der Waals surface area (Å²) in [7, 11) is 1.74. The van der Waals surface area contributed by atoms with Gasteiger partial charge >= 0.3 is 0 Å². The summed E-state index contributed by atoms with van der Waals surface area (Å²) in [6.45, 7) is 3.36. The first-order chi connectivity index (χ1) is 8.85. The molecule has 2 heteroatoms. The van der Waals surface area contributed by atoms with Crippen LogP contribution < -0.4 is 10.1 Å². The van der Waals surface area contributed by atoms with Crippen LogP contribution in [0.5, 0.6) is 5.75 Å². The fraction of sp³-hybridized carbons (Fsp3) is 0.625. The fourth-order valence-corrected chi connectivity index (χ4v) is 2.98. The zero-order chi connectivity index (χ0) is 12.8. The van der Waals surface area contributed by atoms with Crippen molar-refractivity contribution in [1.29, 1.82) is 0 Å². The van der Waals surface area contributed by atoms with Crippen molar-refractivity contribution < 1.29 is 4.74 Å². The van der Waals surface area contributed by atoms with Crippen LogP contribution in [-0.2, 0) is 0 Å². The molecule has 0 aliphatic heterocycles. The molecule has 2 atom stereocenters. The minimum Gasteiger partial charge on any atom is -0.497 e. The van der Waals surface area contributed by atoms with Crippen LogP contribution in [0.1, 0.15) is 50.5 Å². The molecule has 2 nitrogen and oxygen atoms in total. The van der Waals surface area contributed by atoms with Crippen molar-refractivity contribution in [3.05, 3.63) is 29.8 Å². The number of methoxy groups -OCH3 is 1. The van der Waals surface area contributed by atoms with Gasteiger partial charge in [0.15, 0.2) is 0 Å². The first-order valence-corrected chi connectivity index (χ1v) is 7.22. The molecule has 0 aromatic heterocycles. The quantitative estimate of drug-likeness (QED) is 0.856. The Morgan fingerprint density at radius 2 is 2.11 bits per heavy atom. The topological polar surface area (TPSA) is 21.3 Å². The number of benzene rings is 1. The van der Waals surface area contributed by atoms with Gasteiger partial charge in [-0.2, -0.15) is 0 Å². The molecule has 0 heterocycles. The van der Waals surface area contributed by atoms with Gasteiger partial charge in [0.25, 0.3) is 0 Å². The van der Waals surface area contributed by atoms with Crippen molar-refractivity contribution in [3.63, 3.8) is 0 Å². The summed E-state index contributed by atoms with van der Waals surface area (Å²) in [5.74, 6) is 1.63. The molecule has 1 fully saturated rings. The molecule has 1 aromatic rings. The smallest absolute Gasteiger partial charge is 0.119 e. The van der Waals surface area contributed by atoms with E-state index >= 15 is 0 Å². The zero-order valence-electron chi connectivity index (χ0n) is 11.6. The SMILES string of the molecule is CCCN[C@@H]1CCCC[C@@H]1c1cccc(OC)c1. The molecule has 18 heavy (non-hydrogen) atoms. The van der Waals surface area contributed by atoms with Gasteiger partial charge in [0.2, 0.25) is 0 Å². The molecule has 1 aliphatic carbocycles. The van der Waals surface area contributed by atoms with Crippen LogP contribution in [0.3, 0.4) is 0 Å². The normalized spacial score (nSPS) is 23.9. The van der Waals surface area contributed by atoms with Crippen LogP contribution in [0.15, 0.2) is 24.3 Å². The van der Waals surface area contributed by atoms with E-state index in [9.17, 15) is 0 Å². The summed E-state index contributed by atoms with van der Waals surface area (Å²) in [5.41, 5.74) is 1.43. The van der Waals surface area contributed by atoms with E-state index in [1.54, 1.807) is 7.11 Å². The second kappa shape index (κ2) is 6.79. The molecule has 0 unspecified atom stereocenters. The van der Waals surface area contributed by atoms with Crippen molar-refractivity contribution in [2.75, 3.05) is 13.7 Å². The molecule has 1 aliphatic rings. The van der Waals surface area contributed by atoms with E-state index in [2.05, 4.69) is 30.4 Å². The Bertz CT molecular complexity index is 364. The Kier molecular flexibility index (Phi) is 5.06. The number of nitrogens with one attached hydrogen (secondary N) is 1. The monoisotopic (exact) mass is 247 g/mol. The van der Waals surface area contributed by atoms with Crippen molar-refractivity contribution in [3.8, 4) is 5.75 Å². The third kappa shape index (κ3) is 3.26. The highest BCUT2D eigenvalue weighted by atomic mass is 16.5. The van der Waals surface area contributed by atoms with E-state index in [1.165, 1.54) is 37.7 Å². The second-order valence-corrected chi connectivity index (χ2v) is 5.23. The first kappa shape index (κ1) is 13.4. The predicted molar refractivity (Wildman–Crippen MR) is 76.3 cm³/mol. The lowest BCUT2D eigenvalue weighted by molar-refractivity contribution is 0.327. The Hall–Kier alpha value is -1.02. The first-order valence-electron chi connectivity index (χ1n) is 7.22. The van der Waals surface area contributed by atoms with Gasteiger partial charge in [-0.15, -0.1) is 0 Å². The lowest BCUT2D eigenvalue weighted by Gasteiger charge is -2.33. The van der Waals surface area contributed by atoms with Crippen LogP contribution in [-0.4, -0.2) is 19.7 Å². The minimum absolute atomic E-state index is 0.644. The van der Waals surface area contributed by atoms with Gasteiger partial charge in [0.05, 0.1) is 7.11 Å². The van der Waals surface area contributed by atoms with E-state index in [-0.39, 0.29) is 0 Å². The Labute approximate surface area is 111 Å². The Balaban J connectivity index is 2.11. The van der Waals surface area contributed by atoms with Crippen LogP contribution >= 0.6 is 0 Å². The highest BCUT2D eigenvalue weighted by molar-refractivity contribution is 5.32. The number of hydrogen-bond donors (Lipinski definition) is 1. The molecular formula is C16H25NO. The molecule has 1 saturated carbocycles. The van der Waals surface area contributed by atoms with Crippen molar-refractivity contribution >= 4 is 0 Å². The maximum atomic E-state index is 5.34. The molecule has 0 amide bonds. The zero-order valence-corrected chi connectivity index (χ0v) is 11.6. The van der Waals surface area contributed by atoms with Crippen molar-refractivity contribution in [2.24, 2.45) is 0 Å². The van der Waals surface area contributed by atoms with Gasteiger partial charge in [0.1, 0.15) is 5.75 Å². The summed E-state index contributed by atoms with van der Waals surface area (Å²) < 4.78 is 5.34. The second-order valence-electron chi connectivity index (χ2n) is 5.23. The summed E-state index contributed by atoms with van der Waals surface area (Å²) in [6, 6.07) is 9.24. The molecule has 1 N–H and O–H groups in total. The highest BCUT2D eigenvalue weighted by Crippen LogP contribution is 2.34. The Morgan fingerprint density at radius 1 is 1.28 bits per heavy atom. The molecular weight excluding hydrogens is 222 g/mol. The van der Waals surface area contributed by atoms with Gasteiger partial charge in [0, 0.05) is 6.04 Å². The molecule has 2 rings (SSSR count). The largest absolute Gasteiger partial charge is 0.497 e. The van der Waals surface area contributed by atoms with Crippen LogP contribution in [0.25, 0.3) is 0 Å². The highest BCUT2D eigenvalue weighted by Gasteiger charge is 2.25. The van der Waals surface area contributed by atoms with Crippen LogP contribution in [0.4, 0.5) is 0 Å². The predicted octanol–water partition coefficient (Wildman–Crippen LogP) is 3.72. The average molecular weight is 247 g/mol. The molecule has 1 aromatic carbocycles. The van der Waals surface area contributed by atoms with Crippen LogP contribution in [0, 0.1) is 0 Å². The van der Waals surface area contributed by atoms with E-state index in [1.807, 2.05) is 6.07 Å². The van der Waals surface area contributed by atoms with Gasteiger partial charge in [-0.3, -0.25) is 0 Å². The van der Waals surface area contributed by atoms with E-state index < -0.39 is 0 Å². The Morgan fingerprint density at radius 3 is 2.89 bits per heavy atom. The number of hydrogen-bond acceptors (Lipinski definition) is 2. The number of ether oxygens (including phenoxy) is 1. The average Bonchev–Trinajstić information content (AvgIpc) is 2.45. The maximum Gasteiger partial charge on any atom is 0.119 e. The maximum absolute atomic E-state index is 5.34. The summed E-state index contributed by atoms with van der Waals surface area (Å²) in [4.78, 5) is 0.